The first-order valence-electron chi connectivity index (χ1n) is 5.45. The lowest BCUT2D eigenvalue weighted by Crippen LogP contribution is -2.14. The third-order valence-electron chi connectivity index (χ3n) is 2.33. The Balaban J connectivity index is 2.69. The van der Waals surface area contributed by atoms with Crippen LogP contribution in [0.5, 0.6) is 0 Å². The van der Waals surface area contributed by atoms with Crippen molar-refractivity contribution in [3.05, 3.63) is 28.2 Å². The number of carbonyl (C=O) groups excluding carboxylic acids is 1. The fourth-order valence-electron chi connectivity index (χ4n) is 1.45. The Morgan fingerprint density at radius 1 is 1.50 bits per heavy atom. The molecule has 0 fully saturated rings. The van der Waals surface area contributed by atoms with Crippen LogP contribution in [-0.4, -0.2) is 12.5 Å². The summed E-state index contributed by atoms with van der Waals surface area (Å²) in [7, 11) is 0. The van der Waals surface area contributed by atoms with Crippen LogP contribution in [0.4, 0.5) is 5.69 Å². The smallest absolute Gasteiger partial charge is 0.224 e. The molecule has 88 valence electrons. The van der Waals surface area contributed by atoms with E-state index in [2.05, 4.69) is 28.2 Å². The molecule has 4 heteroatoms. The summed E-state index contributed by atoms with van der Waals surface area (Å²) < 4.78 is 1.03. The second-order valence-corrected chi connectivity index (χ2v) is 4.51. The SMILES string of the molecule is CCc1cc(Br)ccc1NC(=O)CCCN. The fraction of sp³-hybridized carbons (Fsp3) is 0.417. The number of hydrogen-bond acceptors (Lipinski definition) is 2. The van der Waals surface area contributed by atoms with E-state index in [1.807, 2.05) is 18.2 Å². The number of benzene rings is 1. The van der Waals surface area contributed by atoms with Gasteiger partial charge >= 0.3 is 0 Å². The lowest BCUT2D eigenvalue weighted by molar-refractivity contribution is -0.116. The first-order valence-corrected chi connectivity index (χ1v) is 6.25. The highest BCUT2D eigenvalue weighted by Gasteiger charge is 2.05. The van der Waals surface area contributed by atoms with Crippen molar-refractivity contribution in [3.8, 4) is 0 Å². The first-order chi connectivity index (χ1) is 7.67. The Bertz CT molecular complexity index is 366. The van der Waals surface area contributed by atoms with Crippen LogP contribution in [0.2, 0.25) is 0 Å². The molecular weight excluding hydrogens is 268 g/mol. The van der Waals surface area contributed by atoms with Gasteiger partial charge in [0.15, 0.2) is 0 Å². The fourth-order valence-corrected chi connectivity index (χ4v) is 1.86. The van der Waals surface area contributed by atoms with E-state index in [0.717, 1.165) is 28.6 Å². The Morgan fingerprint density at radius 3 is 2.88 bits per heavy atom. The Morgan fingerprint density at radius 2 is 2.25 bits per heavy atom. The summed E-state index contributed by atoms with van der Waals surface area (Å²) in [5.41, 5.74) is 7.39. The maximum atomic E-state index is 11.5. The zero-order valence-electron chi connectivity index (χ0n) is 9.42. The number of halogens is 1. The number of hydrogen-bond donors (Lipinski definition) is 2. The summed E-state index contributed by atoms with van der Waals surface area (Å²) in [5.74, 6) is 0.0301. The maximum Gasteiger partial charge on any atom is 0.224 e. The summed E-state index contributed by atoms with van der Waals surface area (Å²) in [5, 5.41) is 2.91. The van der Waals surface area contributed by atoms with Crippen LogP contribution < -0.4 is 11.1 Å². The molecule has 1 aromatic rings. The minimum atomic E-state index is 0.0301. The van der Waals surface area contributed by atoms with Gasteiger partial charge in [-0.25, -0.2) is 0 Å². The molecule has 0 unspecified atom stereocenters. The molecule has 0 atom stereocenters. The van der Waals surface area contributed by atoms with Crippen LogP contribution in [0.3, 0.4) is 0 Å². The molecule has 3 nitrogen and oxygen atoms in total. The van der Waals surface area contributed by atoms with Crippen LogP contribution >= 0.6 is 15.9 Å². The zero-order valence-corrected chi connectivity index (χ0v) is 11.0. The lowest BCUT2D eigenvalue weighted by atomic mass is 10.1. The van der Waals surface area contributed by atoms with Crippen molar-refractivity contribution < 1.29 is 4.79 Å². The van der Waals surface area contributed by atoms with Gasteiger partial charge in [-0.3, -0.25) is 4.79 Å². The molecule has 3 N–H and O–H groups in total. The second kappa shape index (κ2) is 6.66. The number of nitrogens with two attached hydrogens (primary N) is 1. The van der Waals surface area contributed by atoms with E-state index in [4.69, 9.17) is 5.73 Å². The van der Waals surface area contributed by atoms with Crippen molar-refractivity contribution in [2.45, 2.75) is 26.2 Å². The molecule has 0 heterocycles. The third-order valence-corrected chi connectivity index (χ3v) is 2.82. The Kier molecular flexibility index (Phi) is 5.49. The van der Waals surface area contributed by atoms with Crippen molar-refractivity contribution in [2.24, 2.45) is 5.73 Å². The second-order valence-electron chi connectivity index (χ2n) is 3.60. The monoisotopic (exact) mass is 284 g/mol. The summed E-state index contributed by atoms with van der Waals surface area (Å²) in [6.45, 7) is 2.62. The molecule has 0 aromatic heterocycles. The van der Waals surface area contributed by atoms with Gasteiger partial charge in [0, 0.05) is 16.6 Å². The van der Waals surface area contributed by atoms with Crippen LogP contribution in [0.25, 0.3) is 0 Å². The van der Waals surface area contributed by atoms with Gasteiger partial charge in [-0.2, -0.15) is 0 Å². The minimum absolute atomic E-state index is 0.0301. The van der Waals surface area contributed by atoms with Crippen LogP contribution in [0.1, 0.15) is 25.3 Å². The quantitative estimate of drug-likeness (QED) is 0.874. The molecule has 0 aliphatic rings. The lowest BCUT2D eigenvalue weighted by Gasteiger charge is -2.10. The summed E-state index contributed by atoms with van der Waals surface area (Å²) in [6, 6.07) is 5.87. The van der Waals surface area contributed by atoms with E-state index in [1.165, 1.54) is 0 Å². The van der Waals surface area contributed by atoms with Gasteiger partial charge in [0.1, 0.15) is 0 Å². The van der Waals surface area contributed by atoms with Gasteiger partial charge in [-0.1, -0.05) is 22.9 Å². The molecular formula is C12H17BrN2O. The predicted molar refractivity (Wildman–Crippen MR) is 70.4 cm³/mol. The van der Waals surface area contributed by atoms with Gasteiger partial charge in [-0.05, 0) is 43.1 Å². The van der Waals surface area contributed by atoms with Crippen molar-refractivity contribution >= 4 is 27.5 Å². The molecule has 0 saturated heterocycles. The highest BCUT2D eigenvalue weighted by atomic mass is 79.9. The average Bonchev–Trinajstić information content (AvgIpc) is 2.28. The van der Waals surface area contributed by atoms with E-state index < -0.39 is 0 Å². The molecule has 0 aliphatic carbocycles. The number of aryl methyl sites for hydroxylation is 1. The number of nitrogens with one attached hydrogen (secondary N) is 1. The van der Waals surface area contributed by atoms with Gasteiger partial charge in [0.2, 0.25) is 5.91 Å². The van der Waals surface area contributed by atoms with Crippen molar-refractivity contribution in [2.75, 3.05) is 11.9 Å². The van der Waals surface area contributed by atoms with Gasteiger partial charge in [0.05, 0.1) is 0 Å². The maximum absolute atomic E-state index is 11.5. The average molecular weight is 285 g/mol. The Hall–Kier alpha value is -0.870. The van der Waals surface area contributed by atoms with Crippen molar-refractivity contribution in [1.29, 1.82) is 0 Å². The molecule has 16 heavy (non-hydrogen) atoms. The molecule has 0 aliphatic heterocycles. The third kappa shape index (κ3) is 3.94. The molecule has 0 saturated carbocycles. The molecule has 0 radical (unpaired) electrons. The molecule has 0 spiro atoms. The van der Waals surface area contributed by atoms with E-state index >= 15 is 0 Å². The van der Waals surface area contributed by atoms with E-state index in [1.54, 1.807) is 0 Å². The topological polar surface area (TPSA) is 55.1 Å². The zero-order chi connectivity index (χ0) is 12.0. The van der Waals surface area contributed by atoms with Crippen LogP contribution in [0, 0.1) is 0 Å². The van der Waals surface area contributed by atoms with Crippen molar-refractivity contribution in [3.63, 3.8) is 0 Å². The van der Waals surface area contributed by atoms with E-state index in [0.29, 0.717) is 13.0 Å². The van der Waals surface area contributed by atoms with E-state index in [9.17, 15) is 4.79 Å². The number of rotatable bonds is 5. The molecule has 1 rings (SSSR count). The van der Waals surface area contributed by atoms with Crippen LogP contribution in [-0.2, 0) is 11.2 Å². The normalized spacial score (nSPS) is 10.2. The van der Waals surface area contributed by atoms with Crippen molar-refractivity contribution in [1.82, 2.24) is 0 Å². The summed E-state index contributed by atoms with van der Waals surface area (Å²) in [6.07, 6.45) is 2.10. The summed E-state index contributed by atoms with van der Waals surface area (Å²) in [4.78, 5) is 11.5. The highest BCUT2D eigenvalue weighted by molar-refractivity contribution is 9.10. The molecule has 1 amide bonds. The first kappa shape index (κ1) is 13.2. The molecule has 0 bridgehead atoms. The minimum Gasteiger partial charge on any atom is -0.330 e. The van der Waals surface area contributed by atoms with Gasteiger partial charge in [0.25, 0.3) is 0 Å². The highest BCUT2D eigenvalue weighted by Crippen LogP contribution is 2.21. The largest absolute Gasteiger partial charge is 0.330 e. The van der Waals surface area contributed by atoms with Gasteiger partial charge < -0.3 is 11.1 Å². The number of amides is 1. The van der Waals surface area contributed by atoms with E-state index in [-0.39, 0.29) is 5.91 Å². The number of carbonyl (C=O) groups is 1. The predicted octanol–water partition coefficient (Wildman–Crippen LogP) is 2.69. The molecule has 1 aromatic carbocycles. The van der Waals surface area contributed by atoms with Crippen LogP contribution in [0.15, 0.2) is 22.7 Å². The standard InChI is InChI=1S/C12H17BrN2O/c1-2-9-8-10(13)5-6-11(9)15-12(16)4-3-7-14/h5-6,8H,2-4,7,14H2,1H3,(H,15,16). The summed E-state index contributed by atoms with van der Waals surface area (Å²) >= 11 is 3.42. The number of anilines is 1. The Labute approximate surface area is 105 Å². The van der Waals surface area contributed by atoms with Gasteiger partial charge in [-0.15, -0.1) is 0 Å².